The van der Waals surface area contributed by atoms with Gasteiger partial charge in [0.15, 0.2) is 0 Å². The highest BCUT2D eigenvalue weighted by molar-refractivity contribution is 5.77. The molecule has 3 N–H and O–H groups in total. The van der Waals surface area contributed by atoms with Gasteiger partial charge in [0.05, 0.1) is 6.54 Å². The number of nitrogens with one attached hydrogen (secondary N) is 2. The Bertz CT molecular complexity index is 363. The molecule has 18 heavy (non-hydrogen) atoms. The number of phenols is 1. The van der Waals surface area contributed by atoms with Crippen LogP contribution in [0, 0.1) is 0 Å². The highest BCUT2D eigenvalue weighted by Crippen LogP contribution is 2.09. The number of carbonyl (C=O) groups excluding carboxylic acids is 1. The lowest BCUT2D eigenvalue weighted by Gasteiger charge is -2.11. The highest BCUT2D eigenvalue weighted by Gasteiger charge is 2.03. The van der Waals surface area contributed by atoms with Crippen molar-refractivity contribution in [2.75, 3.05) is 13.1 Å². The van der Waals surface area contributed by atoms with Crippen molar-refractivity contribution in [2.24, 2.45) is 0 Å². The second kappa shape index (κ2) is 7.71. The highest BCUT2D eigenvalue weighted by atomic mass is 16.3. The van der Waals surface area contributed by atoms with E-state index < -0.39 is 0 Å². The molecule has 0 bridgehead atoms. The van der Waals surface area contributed by atoms with E-state index in [9.17, 15) is 4.79 Å². The van der Waals surface area contributed by atoms with E-state index in [-0.39, 0.29) is 11.7 Å². The molecule has 0 spiro atoms. The molecule has 0 fully saturated rings. The Balaban J connectivity index is 2.17. The van der Waals surface area contributed by atoms with Crippen molar-refractivity contribution >= 4 is 5.91 Å². The van der Waals surface area contributed by atoms with Gasteiger partial charge in [-0.3, -0.25) is 4.79 Å². The monoisotopic (exact) mass is 250 g/mol. The summed E-state index contributed by atoms with van der Waals surface area (Å²) in [5.41, 5.74) is 1.10. The Morgan fingerprint density at radius 2 is 2.00 bits per heavy atom. The average molecular weight is 250 g/mol. The van der Waals surface area contributed by atoms with Gasteiger partial charge in [0.1, 0.15) is 5.75 Å². The van der Waals surface area contributed by atoms with Gasteiger partial charge in [-0.15, -0.1) is 0 Å². The smallest absolute Gasteiger partial charge is 0.233 e. The summed E-state index contributed by atoms with van der Waals surface area (Å²) in [5, 5.41) is 15.1. The normalized spacial score (nSPS) is 12.1. The summed E-state index contributed by atoms with van der Waals surface area (Å²) in [5.74, 6) is 0.287. The van der Waals surface area contributed by atoms with Gasteiger partial charge < -0.3 is 15.7 Å². The van der Waals surface area contributed by atoms with E-state index in [1.807, 2.05) is 12.1 Å². The van der Waals surface area contributed by atoms with Crippen LogP contribution in [0.15, 0.2) is 24.3 Å². The molecule has 1 rings (SSSR count). The maximum absolute atomic E-state index is 11.5. The van der Waals surface area contributed by atoms with Crippen LogP contribution in [0.1, 0.15) is 25.8 Å². The molecule has 0 saturated carbocycles. The molecule has 4 nitrogen and oxygen atoms in total. The standard InChI is InChI=1S/C14H22N2O2/c1-3-11(2)16-10-14(18)15-9-8-12-4-6-13(17)7-5-12/h4-7,11,16-17H,3,8-10H2,1-2H3,(H,15,18). The number of carbonyl (C=O) groups is 1. The topological polar surface area (TPSA) is 61.4 Å². The molecule has 0 aliphatic heterocycles. The van der Waals surface area contributed by atoms with Gasteiger partial charge in [0.25, 0.3) is 0 Å². The predicted octanol–water partition coefficient (Wildman–Crippen LogP) is 1.44. The van der Waals surface area contributed by atoms with Crippen LogP contribution in [0.5, 0.6) is 5.75 Å². The first-order valence-electron chi connectivity index (χ1n) is 6.39. The van der Waals surface area contributed by atoms with Crippen LogP contribution in [-0.4, -0.2) is 30.1 Å². The average Bonchev–Trinajstić information content (AvgIpc) is 2.38. The molecule has 0 radical (unpaired) electrons. The van der Waals surface area contributed by atoms with Crippen LogP contribution in [0.4, 0.5) is 0 Å². The van der Waals surface area contributed by atoms with Gasteiger partial charge in [-0.1, -0.05) is 19.1 Å². The fraction of sp³-hybridized carbons (Fsp3) is 0.500. The number of aromatic hydroxyl groups is 1. The van der Waals surface area contributed by atoms with Crippen LogP contribution < -0.4 is 10.6 Å². The molecule has 0 aliphatic rings. The first kappa shape index (κ1) is 14.5. The number of benzene rings is 1. The van der Waals surface area contributed by atoms with E-state index in [0.717, 1.165) is 18.4 Å². The number of rotatable bonds is 7. The zero-order valence-corrected chi connectivity index (χ0v) is 11.1. The summed E-state index contributed by atoms with van der Waals surface area (Å²) < 4.78 is 0. The van der Waals surface area contributed by atoms with Crippen molar-refractivity contribution in [2.45, 2.75) is 32.7 Å². The van der Waals surface area contributed by atoms with Crippen LogP contribution in [0.2, 0.25) is 0 Å². The van der Waals surface area contributed by atoms with Gasteiger partial charge in [-0.2, -0.15) is 0 Å². The van der Waals surface area contributed by atoms with Crippen LogP contribution in [0.25, 0.3) is 0 Å². The Hall–Kier alpha value is -1.55. The fourth-order valence-corrected chi connectivity index (χ4v) is 1.48. The van der Waals surface area contributed by atoms with Crippen molar-refractivity contribution < 1.29 is 9.90 Å². The third-order valence-corrected chi connectivity index (χ3v) is 2.90. The van der Waals surface area contributed by atoms with E-state index in [0.29, 0.717) is 19.1 Å². The largest absolute Gasteiger partial charge is 0.508 e. The molecular weight excluding hydrogens is 228 g/mol. The molecule has 100 valence electrons. The molecule has 0 aliphatic carbocycles. The molecule has 0 heterocycles. The van der Waals surface area contributed by atoms with Gasteiger partial charge in [-0.05, 0) is 37.5 Å². The van der Waals surface area contributed by atoms with Gasteiger partial charge in [0, 0.05) is 12.6 Å². The molecule has 1 atom stereocenters. The molecule has 0 aromatic heterocycles. The molecule has 1 aromatic rings. The summed E-state index contributed by atoms with van der Waals surface area (Å²) in [6.07, 6.45) is 1.79. The summed E-state index contributed by atoms with van der Waals surface area (Å²) >= 11 is 0. The van der Waals surface area contributed by atoms with Gasteiger partial charge in [-0.25, -0.2) is 0 Å². The quantitative estimate of drug-likeness (QED) is 0.686. The first-order valence-corrected chi connectivity index (χ1v) is 6.39. The number of amides is 1. The minimum Gasteiger partial charge on any atom is -0.508 e. The molecule has 1 aromatic carbocycles. The minimum absolute atomic E-state index is 0.0223. The van der Waals surface area contributed by atoms with Crippen molar-refractivity contribution in [3.8, 4) is 5.75 Å². The summed E-state index contributed by atoms with van der Waals surface area (Å²) in [7, 11) is 0. The van der Waals surface area contributed by atoms with E-state index in [1.165, 1.54) is 0 Å². The Morgan fingerprint density at radius 3 is 2.61 bits per heavy atom. The number of hydrogen-bond donors (Lipinski definition) is 3. The van der Waals surface area contributed by atoms with E-state index >= 15 is 0 Å². The van der Waals surface area contributed by atoms with E-state index in [1.54, 1.807) is 12.1 Å². The van der Waals surface area contributed by atoms with Crippen molar-refractivity contribution in [3.05, 3.63) is 29.8 Å². The lowest BCUT2D eigenvalue weighted by molar-refractivity contribution is -0.120. The lowest BCUT2D eigenvalue weighted by Crippen LogP contribution is -2.38. The Labute approximate surface area is 108 Å². The van der Waals surface area contributed by atoms with E-state index in [4.69, 9.17) is 5.11 Å². The SMILES string of the molecule is CCC(C)NCC(=O)NCCc1ccc(O)cc1. The van der Waals surface area contributed by atoms with Crippen LogP contribution >= 0.6 is 0 Å². The molecule has 4 heteroatoms. The summed E-state index contributed by atoms with van der Waals surface area (Å²) in [4.78, 5) is 11.5. The fourth-order valence-electron chi connectivity index (χ4n) is 1.48. The first-order chi connectivity index (χ1) is 8.61. The third kappa shape index (κ3) is 5.68. The minimum atomic E-state index is 0.0223. The lowest BCUT2D eigenvalue weighted by atomic mass is 10.1. The van der Waals surface area contributed by atoms with Crippen molar-refractivity contribution in [3.63, 3.8) is 0 Å². The summed E-state index contributed by atoms with van der Waals surface area (Å²) in [6.45, 7) is 5.13. The van der Waals surface area contributed by atoms with Crippen molar-refractivity contribution in [1.29, 1.82) is 0 Å². The molecular formula is C14H22N2O2. The number of hydrogen-bond acceptors (Lipinski definition) is 3. The zero-order chi connectivity index (χ0) is 13.4. The maximum atomic E-state index is 11.5. The van der Waals surface area contributed by atoms with Gasteiger partial charge >= 0.3 is 0 Å². The van der Waals surface area contributed by atoms with Crippen LogP contribution in [0.3, 0.4) is 0 Å². The molecule has 1 unspecified atom stereocenters. The summed E-state index contributed by atoms with van der Waals surface area (Å²) in [6, 6.07) is 7.40. The van der Waals surface area contributed by atoms with Crippen molar-refractivity contribution in [1.82, 2.24) is 10.6 Å². The second-order valence-corrected chi connectivity index (χ2v) is 4.46. The van der Waals surface area contributed by atoms with Crippen LogP contribution in [-0.2, 0) is 11.2 Å². The number of phenolic OH excluding ortho intramolecular Hbond substituents is 1. The predicted molar refractivity (Wildman–Crippen MR) is 72.6 cm³/mol. The molecule has 0 saturated heterocycles. The maximum Gasteiger partial charge on any atom is 0.233 e. The van der Waals surface area contributed by atoms with E-state index in [2.05, 4.69) is 24.5 Å². The third-order valence-electron chi connectivity index (χ3n) is 2.90. The second-order valence-electron chi connectivity index (χ2n) is 4.46. The Morgan fingerprint density at radius 1 is 1.33 bits per heavy atom. The zero-order valence-electron chi connectivity index (χ0n) is 11.1. The molecule has 1 amide bonds. The Kier molecular flexibility index (Phi) is 6.22. The van der Waals surface area contributed by atoms with Gasteiger partial charge in [0.2, 0.25) is 5.91 Å².